The van der Waals surface area contributed by atoms with Crippen molar-refractivity contribution < 1.29 is 28.5 Å². The van der Waals surface area contributed by atoms with E-state index in [9.17, 15) is 4.79 Å². The third-order valence-corrected chi connectivity index (χ3v) is 8.14. The van der Waals surface area contributed by atoms with Crippen LogP contribution in [-0.2, 0) is 28.5 Å². The zero-order chi connectivity index (χ0) is 28.8. The van der Waals surface area contributed by atoms with Crippen molar-refractivity contribution in [3.63, 3.8) is 0 Å². The summed E-state index contributed by atoms with van der Waals surface area (Å²) in [5.74, 6) is 0.0211. The lowest BCUT2D eigenvalue weighted by atomic mass is 9.81. The second kappa shape index (κ2) is 17.3. The van der Waals surface area contributed by atoms with Crippen molar-refractivity contribution in [2.24, 2.45) is 11.3 Å². The van der Waals surface area contributed by atoms with Gasteiger partial charge in [-0.2, -0.15) is 0 Å². The second-order valence-corrected chi connectivity index (χ2v) is 12.4. The Bertz CT molecular complexity index is 869. The Morgan fingerprint density at radius 2 is 1.80 bits per heavy atom. The first-order valence-electron chi connectivity index (χ1n) is 15.5. The van der Waals surface area contributed by atoms with Gasteiger partial charge in [0.15, 0.2) is 12.6 Å². The number of methoxy groups -OCH3 is 1. The standard InChI is InChI=1S/C34H54O6/c1-26(2)22-23-34(3,4)30(40-33-17-11-13-25-38-33)21-19-28-27(14-8-6-7-9-15-31(35)36-5)18-20-29(28)39-32-16-10-12-24-37-32/h6,8,18-19,21-22,28-30,32-33H,7,9-17,20,23-25H2,1-5H3/b8-6-,21-19+/t28-,29-,30-,32?,33?/m1/s1. The SMILES string of the molecule is COC(=O)CCC/C=C\CC1=CC[C@@H](OC2CCCCO2)[C@@H]1/C=C/[C@@H](OC1CCCCO1)C(C)(C)CC=C(C)C. The first-order chi connectivity index (χ1) is 19.3. The van der Waals surface area contributed by atoms with Crippen molar-refractivity contribution in [2.75, 3.05) is 20.3 Å². The molecular weight excluding hydrogens is 504 g/mol. The van der Waals surface area contributed by atoms with Crippen molar-refractivity contribution in [2.45, 2.75) is 130 Å². The van der Waals surface area contributed by atoms with E-state index < -0.39 is 0 Å². The maximum absolute atomic E-state index is 11.4. The fraction of sp³-hybridized carbons (Fsp3) is 0.735. The smallest absolute Gasteiger partial charge is 0.305 e. The number of rotatable bonds is 15. The number of ether oxygens (including phenoxy) is 5. The van der Waals surface area contributed by atoms with E-state index in [1.165, 1.54) is 18.3 Å². The van der Waals surface area contributed by atoms with Crippen LogP contribution in [0.5, 0.6) is 0 Å². The largest absolute Gasteiger partial charge is 0.469 e. The summed E-state index contributed by atoms with van der Waals surface area (Å²) in [6, 6.07) is 0. The van der Waals surface area contributed by atoms with E-state index in [1.807, 2.05) is 0 Å². The number of allylic oxidation sites excluding steroid dienone is 4. The highest BCUT2D eigenvalue weighted by Crippen LogP contribution is 2.37. The number of hydrogen-bond acceptors (Lipinski definition) is 6. The first-order valence-corrected chi connectivity index (χ1v) is 15.5. The maximum Gasteiger partial charge on any atom is 0.305 e. The van der Waals surface area contributed by atoms with E-state index in [2.05, 4.69) is 64.2 Å². The molecule has 0 amide bonds. The molecule has 2 fully saturated rings. The molecule has 0 aromatic rings. The number of esters is 1. The van der Waals surface area contributed by atoms with Gasteiger partial charge in [-0.25, -0.2) is 0 Å². The lowest BCUT2D eigenvalue weighted by Crippen LogP contribution is -2.36. The van der Waals surface area contributed by atoms with Crippen LogP contribution in [0.1, 0.15) is 105 Å². The fourth-order valence-electron chi connectivity index (χ4n) is 5.49. The highest BCUT2D eigenvalue weighted by Gasteiger charge is 2.34. The molecule has 2 aliphatic heterocycles. The van der Waals surface area contributed by atoms with Crippen LogP contribution in [0.25, 0.3) is 0 Å². The Morgan fingerprint density at radius 1 is 1.07 bits per heavy atom. The zero-order valence-corrected chi connectivity index (χ0v) is 25.7. The molecule has 5 atom stereocenters. The normalized spacial score (nSPS) is 26.7. The molecule has 6 nitrogen and oxygen atoms in total. The van der Waals surface area contributed by atoms with E-state index in [-0.39, 0.29) is 42.1 Å². The third-order valence-electron chi connectivity index (χ3n) is 8.14. The molecule has 40 heavy (non-hydrogen) atoms. The number of hydrogen-bond donors (Lipinski definition) is 0. The maximum atomic E-state index is 11.4. The molecular formula is C34H54O6. The summed E-state index contributed by atoms with van der Waals surface area (Å²) in [6.07, 6.45) is 24.6. The average Bonchev–Trinajstić information content (AvgIpc) is 3.33. The Kier molecular flexibility index (Phi) is 14.2. The Balaban J connectivity index is 1.73. The molecule has 0 N–H and O–H groups in total. The van der Waals surface area contributed by atoms with Gasteiger partial charge in [0.2, 0.25) is 0 Å². The summed E-state index contributed by atoms with van der Waals surface area (Å²) in [4.78, 5) is 11.4. The Hall–Kier alpha value is -1.73. The van der Waals surface area contributed by atoms with E-state index in [4.69, 9.17) is 23.7 Å². The van der Waals surface area contributed by atoms with E-state index in [1.54, 1.807) is 0 Å². The molecule has 1 aliphatic carbocycles. The van der Waals surface area contributed by atoms with Gasteiger partial charge in [0, 0.05) is 25.6 Å². The van der Waals surface area contributed by atoms with Crippen LogP contribution in [0.15, 0.2) is 47.6 Å². The van der Waals surface area contributed by atoms with Crippen molar-refractivity contribution in [3.05, 3.63) is 47.6 Å². The lowest BCUT2D eigenvalue weighted by molar-refractivity contribution is -0.197. The minimum Gasteiger partial charge on any atom is -0.469 e. The van der Waals surface area contributed by atoms with E-state index in [0.717, 1.165) is 83.8 Å². The summed E-state index contributed by atoms with van der Waals surface area (Å²) < 4.78 is 29.9. The molecule has 6 heteroatoms. The molecule has 0 bridgehead atoms. The zero-order valence-electron chi connectivity index (χ0n) is 25.7. The van der Waals surface area contributed by atoms with Gasteiger partial charge in [0.25, 0.3) is 0 Å². The van der Waals surface area contributed by atoms with Gasteiger partial charge in [-0.15, -0.1) is 0 Å². The molecule has 0 spiro atoms. The van der Waals surface area contributed by atoms with Gasteiger partial charge in [-0.05, 0) is 89.9 Å². The predicted octanol–water partition coefficient (Wildman–Crippen LogP) is 7.98. The molecule has 3 aliphatic rings. The van der Waals surface area contributed by atoms with Crippen molar-refractivity contribution in [3.8, 4) is 0 Å². The Labute approximate surface area is 243 Å². The molecule has 3 rings (SSSR count). The van der Waals surface area contributed by atoms with Gasteiger partial charge in [0.05, 0.1) is 19.3 Å². The number of carbonyl (C=O) groups is 1. The molecule has 0 saturated carbocycles. The van der Waals surface area contributed by atoms with Crippen LogP contribution in [0.2, 0.25) is 0 Å². The molecule has 2 heterocycles. The predicted molar refractivity (Wildman–Crippen MR) is 160 cm³/mol. The van der Waals surface area contributed by atoms with Crippen molar-refractivity contribution >= 4 is 5.97 Å². The molecule has 2 saturated heterocycles. The van der Waals surface area contributed by atoms with Crippen LogP contribution < -0.4 is 0 Å². The highest BCUT2D eigenvalue weighted by molar-refractivity contribution is 5.69. The van der Waals surface area contributed by atoms with Crippen LogP contribution >= 0.6 is 0 Å². The summed E-state index contributed by atoms with van der Waals surface area (Å²) in [5, 5.41) is 0. The topological polar surface area (TPSA) is 63.2 Å². The van der Waals surface area contributed by atoms with Crippen molar-refractivity contribution in [1.29, 1.82) is 0 Å². The molecule has 0 aromatic carbocycles. The summed E-state index contributed by atoms with van der Waals surface area (Å²) in [6.45, 7) is 10.4. The van der Waals surface area contributed by atoms with Gasteiger partial charge in [-0.1, -0.05) is 61.4 Å². The van der Waals surface area contributed by atoms with Gasteiger partial charge < -0.3 is 23.7 Å². The quantitative estimate of drug-likeness (QED) is 0.115. The number of carbonyl (C=O) groups excluding carboxylic acids is 1. The lowest BCUT2D eigenvalue weighted by Gasteiger charge is -2.36. The molecule has 0 radical (unpaired) electrons. The first kappa shape index (κ1) is 32.8. The Morgan fingerprint density at radius 3 is 2.45 bits per heavy atom. The van der Waals surface area contributed by atoms with E-state index >= 15 is 0 Å². The van der Waals surface area contributed by atoms with Gasteiger partial charge in [-0.3, -0.25) is 4.79 Å². The summed E-state index contributed by atoms with van der Waals surface area (Å²) in [5.41, 5.74) is 2.61. The monoisotopic (exact) mass is 558 g/mol. The minimum atomic E-state index is -0.149. The minimum absolute atomic E-state index is 0.0644. The summed E-state index contributed by atoms with van der Waals surface area (Å²) in [7, 11) is 1.44. The van der Waals surface area contributed by atoms with Crippen LogP contribution in [0.3, 0.4) is 0 Å². The average molecular weight is 559 g/mol. The van der Waals surface area contributed by atoms with Gasteiger partial charge in [0.1, 0.15) is 0 Å². The third kappa shape index (κ3) is 11.3. The van der Waals surface area contributed by atoms with Crippen LogP contribution in [-0.4, -0.2) is 51.1 Å². The van der Waals surface area contributed by atoms with Crippen molar-refractivity contribution in [1.82, 2.24) is 0 Å². The van der Waals surface area contributed by atoms with Crippen LogP contribution in [0, 0.1) is 11.3 Å². The molecule has 0 aromatic heterocycles. The number of unbranched alkanes of at least 4 members (excludes halogenated alkanes) is 1. The second-order valence-electron chi connectivity index (χ2n) is 12.4. The van der Waals surface area contributed by atoms with E-state index in [0.29, 0.717) is 6.42 Å². The summed E-state index contributed by atoms with van der Waals surface area (Å²) >= 11 is 0. The molecule has 2 unspecified atom stereocenters. The fourth-order valence-corrected chi connectivity index (χ4v) is 5.49. The highest BCUT2D eigenvalue weighted by atomic mass is 16.7. The van der Waals surface area contributed by atoms with Gasteiger partial charge >= 0.3 is 5.97 Å². The van der Waals surface area contributed by atoms with Crippen LogP contribution in [0.4, 0.5) is 0 Å². The molecule has 226 valence electrons.